The van der Waals surface area contributed by atoms with Gasteiger partial charge in [-0.05, 0) is 18.6 Å². The number of fused-ring (bicyclic) bond motifs is 1. The van der Waals surface area contributed by atoms with E-state index in [1.54, 1.807) is 0 Å². The van der Waals surface area contributed by atoms with Crippen LogP contribution in [0.1, 0.15) is 19.8 Å². The minimum absolute atomic E-state index is 0.0630. The average molecular weight is 250 g/mol. The zero-order valence-corrected chi connectivity index (χ0v) is 10.3. The third-order valence-electron chi connectivity index (χ3n) is 2.50. The number of hydrogen-bond donors (Lipinski definition) is 2. The van der Waals surface area contributed by atoms with Gasteiger partial charge in [-0.15, -0.1) is 0 Å². The summed E-state index contributed by atoms with van der Waals surface area (Å²) >= 11 is 1.50. The van der Waals surface area contributed by atoms with E-state index in [4.69, 9.17) is 5.11 Å². The molecule has 1 aromatic heterocycles. The molecule has 1 atom stereocenters. The first-order chi connectivity index (χ1) is 8.19. The lowest BCUT2D eigenvalue weighted by molar-refractivity contribution is -0.136. The van der Waals surface area contributed by atoms with Crippen molar-refractivity contribution < 1.29 is 9.90 Å². The van der Waals surface area contributed by atoms with Crippen molar-refractivity contribution in [1.29, 1.82) is 0 Å². The highest BCUT2D eigenvalue weighted by molar-refractivity contribution is 7.99. The molecule has 0 radical (unpaired) electrons. The molecule has 0 aliphatic carbocycles. The predicted molar refractivity (Wildman–Crippen MR) is 68.3 cm³/mol. The number of nitrogens with zero attached hydrogens (tertiary/aromatic N) is 1. The lowest BCUT2D eigenvalue weighted by Gasteiger charge is -2.08. The molecule has 1 unspecified atom stereocenters. The standard InChI is InChI=1S/C12H14N2O2S/c1-2-8(7-11(15)16)17-12-13-9-5-3-4-6-10(9)14-12/h3-6,8H,2,7H2,1H3,(H,13,14)(H,15,16). The predicted octanol–water partition coefficient (Wildman–Crippen LogP) is 2.91. The molecule has 2 N–H and O–H groups in total. The lowest BCUT2D eigenvalue weighted by atomic mass is 10.2. The maximum Gasteiger partial charge on any atom is 0.304 e. The third-order valence-corrected chi connectivity index (χ3v) is 3.75. The highest BCUT2D eigenvalue weighted by Gasteiger charge is 2.14. The second-order valence-corrected chi connectivity index (χ2v) is 5.09. The zero-order valence-electron chi connectivity index (χ0n) is 9.51. The summed E-state index contributed by atoms with van der Waals surface area (Å²) < 4.78 is 0. The van der Waals surface area contributed by atoms with Gasteiger partial charge in [0.05, 0.1) is 17.5 Å². The van der Waals surface area contributed by atoms with E-state index in [2.05, 4.69) is 9.97 Å². The fourth-order valence-electron chi connectivity index (χ4n) is 1.61. The normalized spacial score (nSPS) is 12.8. The quantitative estimate of drug-likeness (QED) is 0.801. The van der Waals surface area contributed by atoms with Gasteiger partial charge in [0.25, 0.3) is 0 Å². The van der Waals surface area contributed by atoms with E-state index in [1.165, 1.54) is 11.8 Å². The third kappa shape index (κ3) is 3.00. The number of carbonyl (C=O) groups is 1. The largest absolute Gasteiger partial charge is 0.481 e. The number of imidazole rings is 1. The zero-order chi connectivity index (χ0) is 12.3. The molecule has 17 heavy (non-hydrogen) atoms. The molecule has 0 aliphatic heterocycles. The molecule has 4 nitrogen and oxygen atoms in total. The van der Waals surface area contributed by atoms with Crippen molar-refractivity contribution in [3.05, 3.63) is 24.3 Å². The Morgan fingerprint density at radius 1 is 1.53 bits per heavy atom. The van der Waals surface area contributed by atoms with Crippen molar-refractivity contribution in [2.24, 2.45) is 0 Å². The molecule has 0 bridgehead atoms. The SMILES string of the molecule is CCC(CC(=O)O)Sc1nc2ccccc2[nH]1. The van der Waals surface area contributed by atoms with E-state index < -0.39 is 5.97 Å². The number of hydrogen-bond acceptors (Lipinski definition) is 3. The van der Waals surface area contributed by atoms with Gasteiger partial charge in [0.15, 0.2) is 5.16 Å². The van der Waals surface area contributed by atoms with Gasteiger partial charge in [0, 0.05) is 5.25 Å². The molecule has 0 aliphatic rings. The van der Waals surface area contributed by atoms with Gasteiger partial charge < -0.3 is 10.1 Å². The highest BCUT2D eigenvalue weighted by atomic mass is 32.2. The van der Waals surface area contributed by atoms with Crippen molar-refractivity contribution in [3.63, 3.8) is 0 Å². The van der Waals surface area contributed by atoms with E-state index in [9.17, 15) is 4.79 Å². The Kier molecular flexibility index (Phi) is 3.68. The van der Waals surface area contributed by atoms with Gasteiger partial charge in [-0.1, -0.05) is 30.8 Å². The Hall–Kier alpha value is -1.49. The fraction of sp³-hybridized carbons (Fsp3) is 0.333. The van der Waals surface area contributed by atoms with Gasteiger partial charge in [-0.3, -0.25) is 4.79 Å². The molecule has 0 saturated heterocycles. The molecule has 5 heteroatoms. The number of thioether (sulfide) groups is 1. The molecule has 2 aromatic rings. The van der Waals surface area contributed by atoms with E-state index in [1.807, 2.05) is 31.2 Å². The Bertz CT molecular complexity index is 491. The Balaban J connectivity index is 2.14. The maximum atomic E-state index is 10.7. The monoisotopic (exact) mass is 250 g/mol. The summed E-state index contributed by atoms with van der Waals surface area (Å²) in [6.07, 6.45) is 0.978. The minimum Gasteiger partial charge on any atom is -0.481 e. The summed E-state index contributed by atoms with van der Waals surface area (Å²) in [4.78, 5) is 18.3. The summed E-state index contributed by atoms with van der Waals surface area (Å²) in [5.74, 6) is -0.763. The minimum atomic E-state index is -0.763. The number of aromatic amines is 1. The van der Waals surface area contributed by atoms with Gasteiger partial charge >= 0.3 is 5.97 Å². The Labute approximate surface area is 103 Å². The van der Waals surface area contributed by atoms with Crippen LogP contribution in [0.15, 0.2) is 29.4 Å². The summed E-state index contributed by atoms with van der Waals surface area (Å²) in [6, 6.07) is 7.79. The van der Waals surface area contributed by atoms with E-state index in [0.717, 1.165) is 22.6 Å². The molecule has 1 heterocycles. The fourth-order valence-corrected chi connectivity index (χ4v) is 2.64. The molecule has 0 saturated carbocycles. The Morgan fingerprint density at radius 3 is 2.94 bits per heavy atom. The van der Waals surface area contributed by atoms with Gasteiger partial charge in [0.1, 0.15) is 0 Å². The first-order valence-electron chi connectivity index (χ1n) is 5.52. The Morgan fingerprint density at radius 2 is 2.29 bits per heavy atom. The molecule has 90 valence electrons. The number of nitrogens with one attached hydrogen (secondary N) is 1. The van der Waals surface area contributed by atoms with E-state index >= 15 is 0 Å². The number of aliphatic carboxylic acids is 1. The number of benzene rings is 1. The number of H-pyrrole nitrogens is 1. The van der Waals surface area contributed by atoms with E-state index in [-0.39, 0.29) is 11.7 Å². The van der Waals surface area contributed by atoms with Crippen LogP contribution in [0.3, 0.4) is 0 Å². The molecule has 0 spiro atoms. The van der Waals surface area contributed by atoms with Gasteiger partial charge in [-0.25, -0.2) is 4.98 Å². The summed E-state index contributed by atoms with van der Waals surface area (Å²) in [5, 5.41) is 9.64. The average Bonchev–Trinajstić information content (AvgIpc) is 2.69. The second kappa shape index (κ2) is 5.23. The first kappa shape index (κ1) is 12.0. The second-order valence-electron chi connectivity index (χ2n) is 3.81. The van der Waals surface area contributed by atoms with Crippen LogP contribution < -0.4 is 0 Å². The van der Waals surface area contributed by atoms with Crippen molar-refractivity contribution in [3.8, 4) is 0 Å². The smallest absolute Gasteiger partial charge is 0.304 e. The topological polar surface area (TPSA) is 66.0 Å². The van der Waals surface area contributed by atoms with Crippen molar-refractivity contribution in [2.75, 3.05) is 0 Å². The number of rotatable bonds is 5. The first-order valence-corrected chi connectivity index (χ1v) is 6.40. The number of carboxylic acids is 1. The number of aromatic nitrogens is 2. The molecule has 2 rings (SSSR count). The van der Waals surface area contributed by atoms with Crippen LogP contribution in [0.25, 0.3) is 11.0 Å². The molecular weight excluding hydrogens is 236 g/mol. The number of para-hydroxylation sites is 2. The summed E-state index contributed by atoms with van der Waals surface area (Å²) in [5.41, 5.74) is 1.90. The summed E-state index contributed by atoms with van der Waals surface area (Å²) in [7, 11) is 0. The number of carboxylic acid groups (broad SMARTS) is 1. The van der Waals surface area contributed by atoms with E-state index in [0.29, 0.717) is 0 Å². The van der Waals surface area contributed by atoms with Gasteiger partial charge in [0.2, 0.25) is 0 Å². The van der Waals surface area contributed by atoms with Crippen molar-refractivity contribution >= 4 is 28.8 Å². The van der Waals surface area contributed by atoms with Crippen LogP contribution in [0.5, 0.6) is 0 Å². The van der Waals surface area contributed by atoms with Crippen molar-refractivity contribution in [1.82, 2.24) is 9.97 Å². The lowest BCUT2D eigenvalue weighted by Crippen LogP contribution is -2.08. The van der Waals surface area contributed by atoms with Crippen LogP contribution >= 0.6 is 11.8 Å². The maximum absolute atomic E-state index is 10.7. The molecule has 1 aromatic carbocycles. The summed E-state index contributed by atoms with van der Waals surface area (Å²) in [6.45, 7) is 1.99. The van der Waals surface area contributed by atoms with Crippen LogP contribution in [0, 0.1) is 0 Å². The van der Waals surface area contributed by atoms with Crippen LogP contribution in [-0.2, 0) is 4.79 Å². The molecule has 0 fully saturated rings. The molecule has 0 amide bonds. The van der Waals surface area contributed by atoms with Gasteiger partial charge in [-0.2, -0.15) is 0 Å². The van der Waals surface area contributed by atoms with Crippen LogP contribution in [0.4, 0.5) is 0 Å². The van der Waals surface area contributed by atoms with Crippen LogP contribution in [0.2, 0.25) is 0 Å². The van der Waals surface area contributed by atoms with Crippen LogP contribution in [-0.4, -0.2) is 26.3 Å². The molecular formula is C12H14N2O2S. The van der Waals surface area contributed by atoms with Crippen molar-refractivity contribution in [2.45, 2.75) is 30.2 Å². The highest BCUT2D eigenvalue weighted by Crippen LogP contribution is 2.27.